The minimum absolute atomic E-state index is 0.326. The summed E-state index contributed by atoms with van der Waals surface area (Å²) in [5.41, 5.74) is -0.809. The second kappa shape index (κ2) is 4.88. The summed E-state index contributed by atoms with van der Waals surface area (Å²) in [5, 5.41) is 19.9. The van der Waals surface area contributed by atoms with Gasteiger partial charge in [0.1, 0.15) is 11.8 Å². The Morgan fingerprint density at radius 1 is 1.50 bits per heavy atom. The lowest BCUT2D eigenvalue weighted by Crippen LogP contribution is -2.02. The van der Waals surface area contributed by atoms with E-state index < -0.39 is 16.6 Å². The largest absolute Gasteiger partial charge is 0.477 e. The lowest BCUT2D eigenvalue weighted by Gasteiger charge is -2.00. The third-order valence-electron chi connectivity index (χ3n) is 2.01. The summed E-state index contributed by atoms with van der Waals surface area (Å²) in [6, 6.07) is 3.83. The molecule has 1 aromatic carbocycles. The van der Waals surface area contributed by atoms with Gasteiger partial charge in [-0.3, -0.25) is 10.1 Å². The van der Waals surface area contributed by atoms with Crippen LogP contribution in [0.3, 0.4) is 0 Å². The summed E-state index contributed by atoms with van der Waals surface area (Å²) in [6.45, 7) is 0. The molecule has 1 aromatic heterocycles. The Morgan fingerprint density at radius 3 is 2.83 bits per heavy atom. The van der Waals surface area contributed by atoms with Gasteiger partial charge in [0.15, 0.2) is 0 Å². The Morgan fingerprint density at radius 2 is 2.28 bits per heavy atom. The van der Waals surface area contributed by atoms with Crippen molar-refractivity contribution in [3.8, 4) is 0 Å². The van der Waals surface area contributed by atoms with E-state index in [-0.39, 0.29) is 5.56 Å². The van der Waals surface area contributed by atoms with Gasteiger partial charge in [-0.05, 0) is 23.9 Å². The first-order valence-electron chi connectivity index (χ1n) is 4.67. The number of rotatable bonds is 4. The molecule has 8 heteroatoms. The number of aromatic carboxylic acids is 1. The molecule has 0 aliphatic carbocycles. The van der Waals surface area contributed by atoms with Crippen LogP contribution in [0.2, 0.25) is 0 Å². The average Bonchev–Trinajstić information content (AvgIpc) is 2.81. The molecule has 0 aliphatic rings. The van der Waals surface area contributed by atoms with E-state index in [1.807, 2.05) is 0 Å². The molecule has 18 heavy (non-hydrogen) atoms. The fourth-order valence-electron chi connectivity index (χ4n) is 1.27. The normalized spacial score (nSPS) is 10.2. The van der Waals surface area contributed by atoms with Crippen LogP contribution >= 0.6 is 11.8 Å². The molecule has 0 saturated carbocycles. The van der Waals surface area contributed by atoms with Gasteiger partial charge < -0.3 is 9.52 Å². The van der Waals surface area contributed by atoms with E-state index in [9.17, 15) is 14.9 Å². The molecule has 0 bridgehead atoms. The predicted octanol–water partition coefficient (Wildman–Crippen LogP) is 2.43. The van der Waals surface area contributed by atoms with Crippen LogP contribution in [0.15, 0.2) is 45.2 Å². The molecular weight excluding hydrogens is 260 g/mol. The van der Waals surface area contributed by atoms with Gasteiger partial charge in [0.2, 0.25) is 0 Å². The summed E-state index contributed by atoms with van der Waals surface area (Å²) >= 11 is 1.07. The number of nitro groups is 1. The molecule has 2 rings (SSSR count). The molecule has 0 aliphatic heterocycles. The van der Waals surface area contributed by atoms with E-state index in [1.165, 1.54) is 30.7 Å². The van der Waals surface area contributed by atoms with Gasteiger partial charge in [0, 0.05) is 11.0 Å². The highest BCUT2D eigenvalue weighted by Gasteiger charge is 2.20. The molecule has 0 unspecified atom stereocenters. The van der Waals surface area contributed by atoms with Crippen molar-refractivity contribution in [2.24, 2.45) is 0 Å². The molecular formula is C10H6N2O5S. The van der Waals surface area contributed by atoms with Crippen LogP contribution in [-0.4, -0.2) is 21.0 Å². The van der Waals surface area contributed by atoms with E-state index in [0.717, 1.165) is 11.8 Å². The highest BCUT2D eigenvalue weighted by atomic mass is 32.2. The van der Waals surface area contributed by atoms with E-state index >= 15 is 0 Å². The van der Waals surface area contributed by atoms with E-state index in [2.05, 4.69) is 4.98 Å². The van der Waals surface area contributed by atoms with Gasteiger partial charge in [-0.25, -0.2) is 9.78 Å². The van der Waals surface area contributed by atoms with Crippen LogP contribution in [0, 0.1) is 10.1 Å². The highest BCUT2D eigenvalue weighted by Crippen LogP contribution is 2.30. The molecule has 0 spiro atoms. The number of carboxylic acids is 1. The maximum Gasteiger partial charge on any atom is 0.342 e. The first kappa shape index (κ1) is 12.1. The quantitative estimate of drug-likeness (QED) is 0.668. The van der Waals surface area contributed by atoms with Crippen LogP contribution in [-0.2, 0) is 0 Å². The van der Waals surface area contributed by atoms with Crippen LogP contribution in [0.1, 0.15) is 10.4 Å². The molecule has 0 saturated heterocycles. The lowest BCUT2D eigenvalue weighted by molar-refractivity contribution is -0.385. The molecule has 0 fully saturated rings. The van der Waals surface area contributed by atoms with E-state index in [0.29, 0.717) is 10.1 Å². The van der Waals surface area contributed by atoms with Crippen LogP contribution < -0.4 is 0 Å². The number of benzene rings is 1. The lowest BCUT2D eigenvalue weighted by atomic mass is 10.2. The summed E-state index contributed by atoms with van der Waals surface area (Å²) in [4.78, 5) is 25.2. The number of aromatic nitrogens is 1. The first-order valence-corrected chi connectivity index (χ1v) is 5.48. The fraction of sp³-hybridized carbons (Fsp3) is 0. The second-order valence-electron chi connectivity index (χ2n) is 3.14. The molecule has 1 N–H and O–H groups in total. The van der Waals surface area contributed by atoms with Gasteiger partial charge in [0.05, 0.1) is 11.1 Å². The maximum atomic E-state index is 10.8. The third kappa shape index (κ3) is 2.48. The Bertz CT molecular complexity index is 596. The summed E-state index contributed by atoms with van der Waals surface area (Å²) in [5.74, 6) is -1.34. The molecule has 92 valence electrons. The molecule has 1 heterocycles. The van der Waals surface area contributed by atoms with Gasteiger partial charge in [-0.2, -0.15) is 0 Å². The number of oxazole rings is 1. The van der Waals surface area contributed by atoms with Gasteiger partial charge in [0.25, 0.3) is 10.9 Å². The molecule has 7 nitrogen and oxygen atoms in total. The first-order chi connectivity index (χ1) is 8.58. The number of hydrogen-bond donors (Lipinski definition) is 1. The topological polar surface area (TPSA) is 106 Å². The van der Waals surface area contributed by atoms with Crippen molar-refractivity contribution in [3.63, 3.8) is 0 Å². The predicted molar refractivity (Wildman–Crippen MR) is 60.7 cm³/mol. The van der Waals surface area contributed by atoms with Crippen LogP contribution in [0.5, 0.6) is 0 Å². The Balaban J connectivity index is 2.37. The maximum absolute atomic E-state index is 10.8. The Hall–Kier alpha value is -2.35. The van der Waals surface area contributed by atoms with E-state index in [4.69, 9.17) is 9.52 Å². The molecule has 0 radical (unpaired) electrons. The summed E-state index contributed by atoms with van der Waals surface area (Å²) < 4.78 is 4.98. The van der Waals surface area contributed by atoms with Crippen molar-refractivity contribution >= 4 is 23.4 Å². The zero-order chi connectivity index (χ0) is 13.1. The van der Waals surface area contributed by atoms with Crippen molar-refractivity contribution in [1.82, 2.24) is 4.98 Å². The number of carbonyl (C=O) groups is 1. The van der Waals surface area contributed by atoms with Crippen LogP contribution in [0.25, 0.3) is 0 Å². The van der Waals surface area contributed by atoms with Crippen molar-refractivity contribution in [1.29, 1.82) is 0 Å². The minimum Gasteiger partial charge on any atom is -0.477 e. The molecule has 0 amide bonds. The average molecular weight is 266 g/mol. The molecule has 0 atom stereocenters. The zero-order valence-corrected chi connectivity index (χ0v) is 9.59. The second-order valence-corrected chi connectivity index (χ2v) is 4.17. The summed E-state index contributed by atoms with van der Waals surface area (Å²) in [6.07, 6.45) is 2.82. The van der Waals surface area contributed by atoms with E-state index in [1.54, 1.807) is 0 Å². The molecule has 2 aromatic rings. The SMILES string of the molecule is O=C(O)c1ccc(Sc2ncco2)cc1[N+](=O)[O-]. The number of hydrogen-bond acceptors (Lipinski definition) is 6. The number of nitro benzene ring substituents is 1. The number of nitrogens with zero attached hydrogens (tertiary/aromatic N) is 2. The summed E-state index contributed by atoms with van der Waals surface area (Å²) in [7, 11) is 0. The van der Waals surface area contributed by atoms with Gasteiger partial charge >= 0.3 is 5.97 Å². The number of carboxylic acid groups (broad SMARTS) is 1. The Kier molecular flexibility index (Phi) is 3.28. The van der Waals surface area contributed by atoms with Crippen molar-refractivity contribution in [2.75, 3.05) is 0 Å². The fourth-order valence-corrected chi connectivity index (χ4v) is 1.99. The smallest absolute Gasteiger partial charge is 0.342 e. The highest BCUT2D eigenvalue weighted by molar-refractivity contribution is 7.99. The van der Waals surface area contributed by atoms with Crippen LogP contribution in [0.4, 0.5) is 5.69 Å². The third-order valence-corrected chi connectivity index (χ3v) is 2.88. The standard InChI is InChI=1S/C10H6N2O5S/c13-9(14)7-2-1-6(5-8(7)12(15)16)18-10-11-3-4-17-10/h1-5H,(H,13,14). The van der Waals surface area contributed by atoms with Crippen molar-refractivity contribution in [2.45, 2.75) is 10.1 Å². The monoisotopic (exact) mass is 266 g/mol. The van der Waals surface area contributed by atoms with Crippen molar-refractivity contribution < 1.29 is 19.2 Å². The zero-order valence-electron chi connectivity index (χ0n) is 8.77. The van der Waals surface area contributed by atoms with Gasteiger partial charge in [-0.15, -0.1) is 0 Å². The minimum atomic E-state index is -1.34. The van der Waals surface area contributed by atoms with Crippen molar-refractivity contribution in [3.05, 3.63) is 46.3 Å². The van der Waals surface area contributed by atoms with Gasteiger partial charge in [-0.1, -0.05) is 0 Å². The Labute approximate surface area is 105 Å².